The highest BCUT2D eigenvalue weighted by molar-refractivity contribution is 5.81. The van der Waals surface area contributed by atoms with Gasteiger partial charge in [0.2, 0.25) is 0 Å². The smallest absolute Gasteiger partial charge is 0.310 e. The van der Waals surface area contributed by atoms with Crippen LogP contribution in [0.2, 0.25) is 0 Å². The van der Waals surface area contributed by atoms with Gasteiger partial charge in [-0.1, -0.05) is 53.7 Å². The summed E-state index contributed by atoms with van der Waals surface area (Å²) in [5.74, 6) is -1.15. The molecule has 0 amide bonds. The molecule has 1 aliphatic rings. The number of nitrogens with zero attached hydrogens (tertiary/aromatic N) is 4. The Morgan fingerprint density at radius 2 is 1.82 bits per heavy atom. The molecule has 1 aromatic heterocycles. The zero-order valence-corrected chi connectivity index (χ0v) is 23.2. The first-order chi connectivity index (χ1) is 18.2. The lowest BCUT2D eigenvalue weighted by molar-refractivity contribution is -0.147. The van der Waals surface area contributed by atoms with Gasteiger partial charge in [-0.2, -0.15) is 0 Å². The van der Waals surface area contributed by atoms with E-state index in [0.717, 1.165) is 53.8 Å². The number of carboxylic acid groups (broad SMARTS) is 1. The van der Waals surface area contributed by atoms with Crippen LogP contribution in [-0.2, 0) is 31.4 Å². The van der Waals surface area contributed by atoms with Crippen molar-refractivity contribution in [1.82, 2.24) is 19.9 Å². The zero-order chi connectivity index (χ0) is 27.0. The van der Waals surface area contributed by atoms with E-state index in [1.165, 1.54) is 35.1 Å². The van der Waals surface area contributed by atoms with Gasteiger partial charge in [-0.3, -0.25) is 9.69 Å². The van der Waals surface area contributed by atoms with Gasteiger partial charge in [-0.25, -0.2) is 4.68 Å². The largest absolute Gasteiger partial charge is 0.481 e. The molecular formula is C32H38N4O2. The quantitative estimate of drug-likeness (QED) is 0.336. The molecule has 1 aliphatic heterocycles. The molecule has 4 aromatic rings. The molecule has 0 bridgehead atoms. The second-order valence-electron chi connectivity index (χ2n) is 11.4. The van der Waals surface area contributed by atoms with Gasteiger partial charge in [0.05, 0.1) is 10.9 Å². The van der Waals surface area contributed by atoms with E-state index in [1.807, 2.05) is 33.9 Å². The van der Waals surface area contributed by atoms with Gasteiger partial charge in [0.25, 0.3) is 0 Å². The highest BCUT2D eigenvalue weighted by Crippen LogP contribution is 2.44. The van der Waals surface area contributed by atoms with E-state index in [-0.39, 0.29) is 5.92 Å². The van der Waals surface area contributed by atoms with E-state index in [2.05, 4.69) is 70.7 Å². The molecule has 0 aliphatic carbocycles. The van der Waals surface area contributed by atoms with Gasteiger partial charge < -0.3 is 5.11 Å². The Labute approximate surface area is 225 Å². The summed E-state index contributed by atoms with van der Waals surface area (Å²) >= 11 is 0. The second kappa shape index (κ2) is 10.3. The van der Waals surface area contributed by atoms with E-state index in [9.17, 15) is 9.90 Å². The standard InChI is InChI=1S/C32H38N4O2/c1-21-13-14-24(18-26(21)20-36-17-9-8-11-23-10-6-7-12-25(23)19-36)29(32(3,4)31(37)38)27-15-16-28-30(22(27)2)33-34-35(28)5/h6-7,10,12-16,18,29H,8-9,11,17,19-20H2,1-5H3,(H,37,38). The minimum Gasteiger partial charge on any atom is -0.481 e. The molecule has 198 valence electrons. The normalized spacial score (nSPS) is 15.6. The Bertz CT molecular complexity index is 1490. The van der Waals surface area contributed by atoms with Gasteiger partial charge in [-0.05, 0) is 98.5 Å². The first-order valence-electron chi connectivity index (χ1n) is 13.6. The van der Waals surface area contributed by atoms with E-state index in [4.69, 9.17) is 0 Å². The van der Waals surface area contributed by atoms with E-state index < -0.39 is 11.4 Å². The number of fused-ring (bicyclic) bond motifs is 2. The number of aromatic nitrogens is 3. The number of benzene rings is 3. The Hall–Kier alpha value is -3.51. The maximum absolute atomic E-state index is 12.6. The van der Waals surface area contributed by atoms with Crippen LogP contribution >= 0.6 is 0 Å². The molecule has 2 heterocycles. The van der Waals surface area contributed by atoms with Crippen LogP contribution < -0.4 is 0 Å². The second-order valence-corrected chi connectivity index (χ2v) is 11.4. The Morgan fingerprint density at radius 3 is 2.58 bits per heavy atom. The molecule has 3 aromatic carbocycles. The van der Waals surface area contributed by atoms with Crippen LogP contribution in [0.1, 0.15) is 71.6 Å². The van der Waals surface area contributed by atoms with Crippen molar-refractivity contribution in [3.8, 4) is 0 Å². The highest BCUT2D eigenvalue weighted by Gasteiger charge is 2.40. The average Bonchev–Trinajstić information content (AvgIpc) is 3.25. The molecule has 0 saturated carbocycles. The molecule has 38 heavy (non-hydrogen) atoms. The summed E-state index contributed by atoms with van der Waals surface area (Å²) in [6, 6.07) is 19.4. The minimum absolute atomic E-state index is 0.334. The van der Waals surface area contributed by atoms with Crippen LogP contribution in [0.15, 0.2) is 54.6 Å². The van der Waals surface area contributed by atoms with Gasteiger partial charge in [0, 0.05) is 26.1 Å². The molecule has 6 nitrogen and oxygen atoms in total. The summed E-state index contributed by atoms with van der Waals surface area (Å²) in [7, 11) is 1.88. The summed E-state index contributed by atoms with van der Waals surface area (Å²) in [4.78, 5) is 15.1. The average molecular weight is 511 g/mol. The Balaban J connectivity index is 1.55. The van der Waals surface area contributed by atoms with Crippen LogP contribution in [0.3, 0.4) is 0 Å². The van der Waals surface area contributed by atoms with Gasteiger partial charge >= 0.3 is 5.97 Å². The summed E-state index contributed by atoms with van der Waals surface area (Å²) in [6.07, 6.45) is 3.53. The molecule has 6 heteroatoms. The fraction of sp³-hybridized carbons (Fsp3) is 0.406. The van der Waals surface area contributed by atoms with E-state index in [1.54, 1.807) is 4.68 Å². The Kier molecular flexibility index (Phi) is 7.10. The maximum atomic E-state index is 12.6. The number of aryl methyl sites for hydroxylation is 4. The van der Waals surface area contributed by atoms with Crippen LogP contribution in [0.4, 0.5) is 0 Å². The number of carbonyl (C=O) groups is 1. The lowest BCUT2D eigenvalue weighted by atomic mass is 9.69. The number of hydrogen-bond acceptors (Lipinski definition) is 4. The van der Waals surface area contributed by atoms with Crippen LogP contribution in [0, 0.1) is 19.3 Å². The van der Waals surface area contributed by atoms with Crippen LogP contribution in [0.5, 0.6) is 0 Å². The monoisotopic (exact) mass is 510 g/mol. The summed E-state index contributed by atoms with van der Waals surface area (Å²) in [6.45, 7) is 10.7. The van der Waals surface area contributed by atoms with Crippen molar-refractivity contribution < 1.29 is 9.90 Å². The third-order valence-corrected chi connectivity index (χ3v) is 8.45. The first-order valence-corrected chi connectivity index (χ1v) is 13.6. The highest BCUT2D eigenvalue weighted by atomic mass is 16.4. The predicted molar refractivity (Wildman–Crippen MR) is 151 cm³/mol. The Morgan fingerprint density at radius 1 is 1.05 bits per heavy atom. The topological polar surface area (TPSA) is 71.2 Å². The number of rotatable bonds is 6. The number of carboxylic acids is 1. The molecule has 0 saturated heterocycles. The van der Waals surface area contributed by atoms with E-state index >= 15 is 0 Å². The third kappa shape index (κ3) is 4.85. The van der Waals surface area contributed by atoms with Crippen LogP contribution in [0.25, 0.3) is 11.0 Å². The number of hydrogen-bond donors (Lipinski definition) is 1. The molecule has 1 atom stereocenters. The van der Waals surface area contributed by atoms with Crippen molar-refractivity contribution in [3.63, 3.8) is 0 Å². The molecule has 1 N–H and O–H groups in total. The molecule has 5 rings (SSSR count). The van der Waals surface area contributed by atoms with Crippen molar-refractivity contribution in [2.45, 2.75) is 66.0 Å². The summed E-state index contributed by atoms with van der Waals surface area (Å²) in [5.41, 5.74) is 9.10. The molecule has 0 radical (unpaired) electrons. The molecule has 0 fully saturated rings. The number of aliphatic carboxylic acids is 1. The van der Waals surface area contributed by atoms with Gasteiger partial charge in [0.15, 0.2) is 0 Å². The van der Waals surface area contributed by atoms with Gasteiger partial charge in [-0.15, -0.1) is 5.10 Å². The fourth-order valence-corrected chi connectivity index (χ4v) is 6.01. The first kappa shape index (κ1) is 26.1. The molecular weight excluding hydrogens is 472 g/mol. The molecule has 1 unspecified atom stereocenters. The molecule has 0 spiro atoms. The van der Waals surface area contributed by atoms with E-state index in [0.29, 0.717) is 0 Å². The lowest BCUT2D eigenvalue weighted by Gasteiger charge is -2.33. The van der Waals surface area contributed by atoms with Crippen molar-refractivity contribution in [3.05, 3.63) is 93.5 Å². The maximum Gasteiger partial charge on any atom is 0.310 e. The third-order valence-electron chi connectivity index (χ3n) is 8.45. The minimum atomic E-state index is -1.02. The fourth-order valence-electron chi connectivity index (χ4n) is 6.01. The van der Waals surface area contributed by atoms with Crippen molar-refractivity contribution in [1.29, 1.82) is 0 Å². The lowest BCUT2D eigenvalue weighted by Crippen LogP contribution is -2.33. The van der Waals surface area contributed by atoms with Crippen LogP contribution in [-0.4, -0.2) is 37.5 Å². The predicted octanol–water partition coefficient (Wildman–Crippen LogP) is 6.17. The van der Waals surface area contributed by atoms with Crippen molar-refractivity contribution in [2.75, 3.05) is 6.54 Å². The summed E-state index contributed by atoms with van der Waals surface area (Å²) < 4.78 is 1.76. The summed E-state index contributed by atoms with van der Waals surface area (Å²) in [5, 5.41) is 18.9. The van der Waals surface area contributed by atoms with Crippen molar-refractivity contribution in [2.24, 2.45) is 12.5 Å². The zero-order valence-electron chi connectivity index (χ0n) is 23.2. The SMILES string of the molecule is Cc1ccc(C(c2ccc3c(nnn3C)c2C)C(C)(C)C(=O)O)cc1CN1CCCCc2ccccc2C1. The van der Waals surface area contributed by atoms with Gasteiger partial charge in [0.1, 0.15) is 5.52 Å². The van der Waals surface area contributed by atoms with Crippen molar-refractivity contribution >= 4 is 17.0 Å².